The molecular weight excluding hydrogens is 352 g/mol. The van der Waals surface area contributed by atoms with Crippen molar-refractivity contribution in [1.29, 1.82) is 0 Å². The van der Waals surface area contributed by atoms with Crippen LogP contribution in [-0.2, 0) is 0 Å². The Balaban J connectivity index is 2.89. The molecule has 0 aliphatic carbocycles. The third-order valence-electron chi connectivity index (χ3n) is 1.38. The van der Waals surface area contributed by atoms with Gasteiger partial charge >= 0.3 is 0 Å². The minimum atomic E-state index is 1.17. The Kier molecular flexibility index (Phi) is 9.73. The second kappa shape index (κ2) is 8.52. The van der Waals surface area contributed by atoms with Crippen LogP contribution in [0.1, 0.15) is 26.2 Å². The maximum absolute atomic E-state index is 2.44. The zero-order valence-electron chi connectivity index (χ0n) is 6.45. The molecule has 0 N–H and O–H groups in total. The smallest absolute Gasteiger partial charge is 0.0201 e. The van der Waals surface area contributed by atoms with Crippen LogP contribution in [0.15, 0.2) is 0 Å². The topological polar surface area (TPSA) is 3.24 Å². The Bertz CT molecular complexity index is 68.6. The van der Waals surface area contributed by atoms with Gasteiger partial charge in [0.2, 0.25) is 0 Å². The Hall–Kier alpha value is 1.42. The Morgan fingerprint density at radius 3 is 2.40 bits per heavy atom. The standard InChI is InChI=1S/C7H15I2N/c1-2-10(9)7-5-3-4-6-8/h2-7H2,1H3. The maximum atomic E-state index is 2.44. The SMILES string of the molecule is CCN(I)CCCCCI. The molecule has 0 fully saturated rings. The van der Waals surface area contributed by atoms with Gasteiger partial charge in [-0.25, -0.2) is 3.11 Å². The molecule has 62 valence electrons. The summed E-state index contributed by atoms with van der Waals surface area (Å²) in [6.07, 6.45) is 4.14. The van der Waals surface area contributed by atoms with E-state index in [1.54, 1.807) is 0 Å². The van der Waals surface area contributed by atoms with Crippen LogP contribution in [0.25, 0.3) is 0 Å². The van der Waals surface area contributed by atoms with E-state index in [9.17, 15) is 0 Å². The lowest BCUT2D eigenvalue weighted by Crippen LogP contribution is -2.11. The fourth-order valence-corrected chi connectivity index (χ4v) is 1.59. The van der Waals surface area contributed by atoms with E-state index in [2.05, 4.69) is 55.5 Å². The summed E-state index contributed by atoms with van der Waals surface area (Å²) in [6.45, 7) is 4.63. The van der Waals surface area contributed by atoms with E-state index in [0.29, 0.717) is 0 Å². The molecule has 0 amide bonds. The molecule has 0 atom stereocenters. The monoisotopic (exact) mass is 367 g/mol. The summed E-state index contributed by atoms with van der Waals surface area (Å²) in [6, 6.07) is 0. The van der Waals surface area contributed by atoms with Crippen molar-refractivity contribution in [3.63, 3.8) is 0 Å². The van der Waals surface area contributed by atoms with Crippen LogP contribution >= 0.6 is 45.5 Å². The highest BCUT2D eigenvalue weighted by molar-refractivity contribution is 14.1. The zero-order chi connectivity index (χ0) is 7.82. The van der Waals surface area contributed by atoms with E-state index >= 15 is 0 Å². The van der Waals surface area contributed by atoms with Gasteiger partial charge in [-0.1, -0.05) is 35.9 Å². The molecule has 10 heavy (non-hydrogen) atoms. The molecule has 0 aliphatic heterocycles. The zero-order valence-corrected chi connectivity index (χ0v) is 10.8. The molecule has 0 rings (SSSR count). The first-order valence-electron chi connectivity index (χ1n) is 3.78. The summed E-state index contributed by atoms with van der Waals surface area (Å²) < 4.78 is 3.65. The van der Waals surface area contributed by atoms with Gasteiger partial charge in [0.15, 0.2) is 0 Å². The van der Waals surface area contributed by atoms with Gasteiger partial charge < -0.3 is 0 Å². The van der Waals surface area contributed by atoms with E-state index < -0.39 is 0 Å². The molecule has 0 aromatic rings. The molecule has 0 bridgehead atoms. The predicted molar refractivity (Wildman–Crippen MR) is 64.0 cm³/mol. The first-order valence-corrected chi connectivity index (χ1v) is 6.27. The third kappa shape index (κ3) is 7.53. The van der Waals surface area contributed by atoms with Crippen LogP contribution < -0.4 is 0 Å². The van der Waals surface area contributed by atoms with E-state index in [0.717, 1.165) is 0 Å². The molecule has 0 heterocycles. The number of hydrogen-bond acceptors (Lipinski definition) is 1. The molecular formula is C7H15I2N. The van der Waals surface area contributed by atoms with Gasteiger partial charge in [0.1, 0.15) is 0 Å². The number of hydrogen-bond donors (Lipinski definition) is 0. The molecule has 3 heteroatoms. The first kappa shape index (κ1) is 11.4. The van der Waals surface area contributed by atoms with Crippen molar-refractivity contribution >= 4 is 45.5 Å². The van der Waals surface area contributed by atoms with Gasteiger partial charge in [0.25, 0.3) is 0 Å². The van der Waals surface area contributed by atoms with Crippen LogP contribution in [0.4, 0.5) is 0 Å². The summed E-state index contributed by atoms with van der Waals surface area (Å²) >= 11 is 4.83. The second-order valence-electron chi connectivity index (χ2n) is 2.25. The van der Waals surface area contributed by atoms with Crippen LogP contribution in [0.5, 0.6) is 0 Å². The highest BCUT2D eigenvalue weighted by Crippen LogP contribution is 2.04. The van der Waals surface area contributed by atoms with E-state index in [1.165, 1.54) is 36.8 Å². The van der Waals surface area contributed by atoms with E-state index in [1.807, 2.05) is 0 Å². The number of rotatable bonds is 6. The molecule has 0 aromatic heterocycles. The molecule has 1 nitrogen and oxygen atoms in total. The van der Waals surface area contributed by atoms with Gasteiger partial charge in [-0.2, -0.15) is 0 Å². The van der Waals surface area contributed by atoms with Crippen molar-refractivity contribution in [2.45, 2.75) is 26.2 Å². The summed E-state index contributed by atoms with van der Waals surface area (Å²) in [5.74, 6) is 0. The lowest BCUT2D eigenvalue weighted by molar-refractivity contribution is 0.505. The number of alkyl halides is 1. The van der Waals surface area contributed by atoms with Crippen molar-refractivity contribution in [1.82, 2.24) is 3.11 Å². The summed E-state index contributed by atoms with van der Waals surface area (Å²) in [4.78, 5) is 0. The Morgan fingerprint density at radius 1 is 1.20 bits per heavy atom. The maximum Gasteiger partial charge on any atom is 0.0201 e. The van der Waals surface area contributed by atoms with Crippen LogP contribution in [0.3, 0.4) is 0 Å². The van der Waals surface area contributed by atoms with E-state index in [4.69, 9.17) is 0 Å². The highest BCUT2D eigenvalue weighted by atomic mass is 127. The molecule has 0 saturated heterocycles. The average molecular weight is 367 g/mol. The minimum Gasteiger partial charge on any atom is -0.248 e. The lowest BCUT2D eigenvalue weighted by atomic mass is 10.2. The van der Waals surface area contributed by atoms with Crippen LogP contribution in [0, 0.1) is 0 Å². The van der Waals surface area contributed by atoms with Gasteiger partial charge in [-0.15, -0.1) is 0 Å². The van der Waals surface area contributed by atoms with Crippen molar-refractivity contribution in [2.24, 2.45) is 0 Å². The van der Waals surface area contributed by atoms with Crippen LogP contribution in [0.2, 0.25) is 0 Å². The van der Waals surface area contributed by atoms with E-state index in [-0.39, 0.29) is 0 Å². The fourth-order valence-electron chi connectivity index (χ4n) is 0.713. The highest BCUT2D eigenvalue weighted by Gasteiger charge is 1.94. The van der Waals surface area contributed by atoms with Crippen molar-refractivity contribution in [3.05, 3.63) is 0 Å². The predicted octanol–water partition coefficient (Wildman–Crippen LogP) is 3.26. The lowest BCUT2D eigenvalue weighted by Gasteiger charge is -2.09. The number of halogens is 2. The number of unbranched alkanes of at least 4 members (excludes halogenated alkanes) is 2. The normalized spacial score (nSPS) is 10.8. The molecule has 0 radical (unpaired) electrons. The quantitative estimate of drug-likeness (QED) is 0.302. The summed E-state index contributed by atoms with van der Waals surface area (Å²) in [5.41, 5.74) is 0. The van der Waals surface area contributed by atoms with Gasteiger partial charge in [-0.3, -0.25) is 0 Å². The fraction of sp³-hybridized carbons (Fsp3) is 1.00. The molecule has 0 saturated carbocycles. The molecule has 0 unspecified atom stereocenters. The van der Waals surface area contributed by atoms with Gasteiger partial charge in [-0.05, 0) is 17.3 Å². The molecule has 0 spiro atoms. The average Bonchev–Trinajstić information content (AvgIpc) is 1.98. The molecule has 0 aromatic carbocycles. The Morgan fingerprint density at radius 2 is 1.90 bits per heavy atom. The molecule has 0 aliphatic rings. The van der Waals surface area contributed by atoms with Crippen molar-refractivity contribution in [2.75, 3.05) is 17.5 Å². The van der Waals surface area contributed by atoms with Crippen molar-refractivity contribution < 1.29 is 0 Å². The van der Waals surface area contributed by atoms with Crippen molar-refractivity contribution in [3.8, 4) is 0 Å². The van der Waals surface area contributed by atoms with Gasteiger partial charge in [0.05, 0.1) is 0 Å². The largest absolute Gasteiger partial charge is 0.248 e. The minimum absolute atomic E-state index is 1.17. The van der Waals surface area contributed by atoms with Gasteiger partial charge in [0, 0.05) is 36.0 Å². The second-order valence-corrected chi connectivity index (χ2v) is 4.70. The number of nitrogens with zero attached hydrogens (tertiary/aromatic N) is 1. The first-order chi connectivity index (χ1) is 4.81. The Labute approximate surface area is 91.6 Å². The summed E-state index contributed by atoms with van der Waals surface area (Å²) in [7, 11) is 0. The van der Waals surface area contributed by atoms with Crippen LogP contribution in [-0.4, -0.2) is 20.6 Å². The third-order valence-corrected chi connectivity index (χ3v) is 3.30. The summed E-state index contributed by atoms with van der Waals surface area (Å²) in [5, 5.41) is 0.